The van der Waals surface area contributed by atoms with Crippen LogP contribution in [0.25, 0.3) is 11.3 Å². The van der Waals surface area contributed by atoms with Gasteiger partial charge in [0.25, 0.3) is 0 Å². The SMILES string of the molecule is c1ccc(CCc2ccc(-c3ccccc3)[nH]2)cc1. The van der Waals surface area contributed by atoms with E-state index in [0.29, 0.717) is 0 Å². The van der Waals surface area contributed by atoms with Gasteiger partial charge in [-0.25, -0.2) is 0 Å². The summed E-state index contributed by atoms with van der Waals surface area (Å²) >= 11 is 0. The Balaban J connectivity index is 1.69. The third-order valence-corrected chi connectivity index (χ3v) is 3.36. The van der Waals surface area contributed by atoms with Crippen LogP contribution >= 0.6 is 0 Å². The van der Waals surface area contributed by atoms with Gasteiger partial charge in [-0.2, -0.15) is 0 Å². The van der Waals surface area contributed by atoms with Gasteiger partial charge in [0.15, 0.2) is 0 Å². The lowest BCUT2D eigenvalue weighted by molar-refractivity contribution is 0.927. The molecule has 1 heteroatoms. The minimum absolute atomic E-state index is 1.05. The minimum Gasteiger partial charge on any atom is -0.358 e. The molecule has 0 aliphatic heterocycles. The van der Waals surface area contributed by atoms with E-state index >= 15 is 0 Å². The first-order chi connectivity index (χ1) is 9.42. The fourth-order valence-electron chi connectivity index (χ4n) is 2.30. The summed E-state index contributed by atoms with van der Waals surface area (Å²) in [6.07, 6.45) is 2.13. The van der Waals surface area contributed by atoms with Crippen LogP contribution < -0.4 is 0 Å². The van der Waals surface area contributed by atoms with Crippen molar-refractivity contribution in [3.63, 3.8) is 0 Å². The Bertz CT molecular complexity index is 623. The van der Waals surface area contributed by atoms with Crippen molar-refractivity contribution in [1.82, 2.24) is 4.98 Å². The number of hydrogen-bond donors (Lipinski definition) is 1. The lowest BCUT2D eigenvalue weighted by Crippen LogP contribution is -1.91. The topological polar surface area (TPSA) is 15.8 Å². The molecule has 0 atom stereocenters. The molecule has 19 heavy (non-hydrogen) atoms. The van der Waals surface area contributed by atoms with Gasteiger partial charge in [0, 0.05) is 11.4 Å². The smallest absolute Gasteiger partial charge is 0.0456 e. The van der Waals surface area contributed by atoms with Crippen LogP contribution in [0, 0.1) is 0 Å². The molecule has 0 aliphatic carbocycles. The van der Waals surface area contributed by atoms with E-state index in [1.165, 1.54) is 22.5 Å². The van der Waals surface area contributed by atoms with Crippen LogP contribution in [0.2, 0.25) is 0 Å². The molecule has 0 radical (unpaired) electrons. The van der Waals surface area contributed by atoms with Crippen LogP contribution in [0.5, 0.6) is 0 Å². The molecule has 3 aromatic rings. The summed E-state index contributed by atoms with van der Waals surface area (Å²) in [7, 11) is 0. The number of rotatable bonds is 4. The number of aryl methyl sites for hydroxylation is 2. The standard InChI is InChI=1S/C18H17N/c1-3-7-15(8-4-1)11-12-17-13-14-18(19-17)16-9-5-2-6-10-16/h1-10,13-14,19H,11-12H2. The summed E-state index contributed by atoms with van der Waals surface area (Å²) in [5, 5.41) is 0. The van der Waals surface area contributed by atoms with E-state index < -0.39 is 0 Å². The van der Waals surface area contributed by atoms with E-state index in [0.717, 1.165) is 12.8 Å². The van der Waals surface area contributed by atoms with Gasteiger partial charge in [0.05, 0.1) is 0 Å². The Hall–Kier alpha value is -2.28. The van der Waals surface area contributed by atoms with Gasteiger partial charge in [-0.05, 0) is 36.1 Å². The zero-order valence-electron chi connectivity index (χ0n) is 10.8. The zero-order valence-corrected chi connectivity index (χ0v) is 10.8. The van der Waals surface area contributed by atoms with E-state index in [9.17, 15) is 0 Å². The van der Waals surface area contributed by atoms with Crippen molar-refractivity contribution < 1.29 is 0 Å². The van der Waals surface area contributed by atoms with Crippen molar-refractivity contribution in [3.8, 4) is 11.3 Å². The van der Waals surface area contributed by atoms with Crippen molar-refractivity contribution in [2.75, 3.05) is 0 Å². The fraction of sp³-hybridized carbons (Fsp3) is 0.111. The van der Waals surface area contributed by atoms with Crippen LogP contribution in [-0.2, 0) is 12.8 Å². The maximum absolute atomic E-state index is 3.50. The average Bonchev–Trinajstić information content (AvgIpc) is 2.96. The predicted octanol–water partition coefficient (Wildman–Crippen LogP) is 4.47. The van der Waals surface area contributed by atoms with Crippen LogP contribution in [0.1, 0.15) is 11.3 Å². The zero-order chi connectivity index (χ0) is 12.9. The number of aromatic amines is 1. The van der Waals surface area contributed by atoms with Crippen LogP contribution in [-0.4, -0.2) is 4.98 Å². The second kappa shape index (κ2) is 5.57. The molecule has 0 aliphatic rings. The summed E-state index contributed by atoms with van der Waals surface area (Å²) < 4.78 is 0. The first-order valence-electron chi connectivity index (χ1n) is 6.69. The molecule has 0 saturated heterocycles. The van der Waals surface area contributed by atoms with Gasteiger partial charge in [0.2, 0.25) is 0 Å². The molecule has 94 valence electrons. The van der Waals surface area contributed by atoms with Gasteiger partial charge in [0.1, 0.15) is 0 Å². The van der Waals surface area contributed by atoms with E-state index in [-0.39, 0.29) is 0 Å². The molecule has 3 rings (SSSR count). The van der Waals surface area contributed by atoms with Crippen LogP contribution in [0.3, 0.4) is 0 Å². The summed E-state index contributed by atoms with van der Waals surface area (Å²) in [6.45, 7) is 0. The number of nitrogens with one attached hydrogen (secondary N) is 1. The monoisotopic (exact) mass is 247 g/mol. The Morgan fingerprint density at radius 3 is 2.05 bits per heavy atom. The van der Waals surface area contributed by atoms with Crippen LogP contribution in [0.4, 0.5) is 0 Å². The fourth-order valence-corrected chi connectivity index (χ4v) is 2.30. The molecule has 0 fully saturated rings. The molecule has 1 aromatic heterocycles. The summed E-state index contributed by atoms with van der Waals surface area (Å²) in [5.74, 6) is 0. The highest BCUT2D eigenvalue weighted by Crippen LogP contribution is 2.18. The lowest BCUT2D eigenvalue weighted by atomic mass is 10.1. The van der Waals surface area contributed by atoms with Gasteiger partial charge in [-0.15, -0.1) is 0 Å². The minimum atomic E-state index is 1.05. The van der Waals surface area contributed by atoms with Gasteiger partial charge in [-0.1, -0.05) is 60.7 Å². The molecule has 1 heterocycles. The highest BCUT2D eigenvalue weighted by atomic mass is 14.7. The number of H-pyrrole nitrogens is 1. The van der Waals surface area contributed by atoms with Crippen molar-refractivity contribution in [2.45, 2.75) is 12.8 Å². The number of aromatic nitrogens is 1. The summed E-state index contributed by atoms with van der Waals surface area (Å²) in [4.78, 5) is 3.50. The molecule has 0 spiro atoms. The largest absolute Gasteiger partial charge is 0.358 e. The van der Waals surface area contributed by atoms with Crippen molar-refractivity contribution in [1.29, 1.82) is 0 Å². The second-order valence-electron chi connectivity index (χ2n) is 4.75. The Labute approximate surface area is 113 Å². The molecule has 1 nitrogen and oxygen atoms in total. The Kier molecular flexibility index (Phi) is 3.46. The first kappa shape index (κ1) is 11.8. The van der Waals surface area contributed by atoms with Crippen LogP contribution in [0.15, 0.2) is 72.8 Å². The first-order valence-corrected chi connectivity index (χ1v) is 6.69. The Morgan fingerprint density at radius 2 is 1.32 bits per heavy atom. The Morgan fingerprint density at radius 1 is 0.632 bits per heavy atom. The number of hydrogen-bond acceptors (Lipinski definition) is 0. The van der Waals surface area contributed by atoms with Gasteiger partial charge in [-0.3, -0.25) is 0 Å². The van der Waals surface area contributed by atoms with Crippen molar-refractivity contribution >= 4 is 0 Å². The maximum atomic E-state index is 3.50. The highest BCUT2D eigenvalue weighted by molar-refractivity contribution is 5.59. The van der Waals surface area contributed by atoms with Gasteiger partial charge < -0.3 is 4.98 Å². The molecular weight excluding hydrogens is 230 g/mol. The highest BCUT2D eigenvalue weighted by Gasteiger charge is 2.01. The quantitative estimate of drug-likeness (QED) is 0.700. The third kappa shape index (κ3) is 2.94. The van der Waals surface area contributed by atoms with E-state index in [1.807, 2.05) is 6.07 Å². The number of benzene rings is 2. The van der Waals surface area contributed by atoms with Crippen molar-refractivity contribution in [2.24, 2.45) is 0 Å². The molecular formula is C18H17N. The van der Waals surface area contributed by atoms with Crippen molar-refractivity contribution in [3.05, 3.63) is 84.1 Å². The third-order valence-electron chi connectivity index (χ3n) is 3.36. The molecule has 1 N–H and O–H groups in total. The molecule has 2 aromatic carbocycles. The molecule has 0 amide bonds. The summed E-state index contributed by atoms with van der Waals surface area (Å²) in [6, 6.07) is 25.4. The van der Waals surface area contributed by atoms with E-state index in [1.54, 1.807) is 0 Å². The maximum Gasteiger partial charge on any atom is 0.0456 e. The van der Waals surface area contributed by atoms with Gasteiger partial charge >= 0.3 is 0 Å². The molecule has 0 bridgehead atoms. The summed E-state index contributed by atoms with van der Waals surface area (Å²) in [5.41, 5.74) is 5.12. The lowest BCUT2D eigenvalue weighted by Gasteiger charge is -2.00. The predicted molar refractivity (Wildman–Crippen MR) is 80.1 cm³/mol. The molecule has 0 saturated carbocycles. The van der Waals surface area contributed by atoms with E-state index in [2.05, 4.69) is 71.7 Å². The van der Waals surface area contributed by atoms with E-state index in [4.69, 9.17) is 0 Å². The second-order valence-corrected chi connectivity index (χ2v) is 4.75. The molecule has 0 unspecified atom stereocenters. The average molecular weight is 247 g/mol. The normalized spacial score (nSPS) is 10.5.